The van der Waals surface area contributed by atoms with E-state index in [-0.39, 0.29) is 5.91 Å². The van der Waals surface area contributed by atoms with Crippen molar-refractivity contribution in [1.82, 2.24) is 14.3 Å². The molecule has 4 nitrogen and oxygen atoms in total. The van der Waals surface area contributed by atoms with Gasteiger partial charge in [0.2, 0.25) is 5.91 Å². The first-order chi connectivity index (χ1) is 7.65. The molecule has 0 saturated carbocycles. The van der Waals surface area contributed by atoms with Crippen LogP contribution in [0, 0.1) is 6.92 Å². The number of hydrogen-bond acceptors (Lipinski definition) is 3. The summed E-state index contributed by atoms with van der Waals surface area (Å²) in [5.74, 6) is 0.160. The summed E-state index contributed by atoms with van der Waals surface area (Å²) in [4.78, 5) is 20.0. The molecule has 1 amide bonds. The zero-order valence-electron chi connectivity index (χ0n) is 9.36. The maximum Gasteiger partial charge on any atom is 0.219 e. The van der Waals surface area contributed by atoms with Crippen molar-refractivity contribution in [1.29, 1.82) is 0 Å². The molecule has 0 aromatic carbocycles. The van der Waals surface area contributed by atoms with Gasteiger partial charge in [-0.2, -0.15) is 0 Å². The standard InChI is InChI=1S/C11H13N3OS/c1-7-5-14-9-3-4-13(8(2)15)6-10(9)16-11(14)12-7/h5H,3-4,6H2,1-2H3. The third-order valence-corrected chi connectivity index (χ3v) is 4.10. The van der Waals surface area contributed by atoms with Crippen molar-refractivity contribution in [3.63, 3.8) is 0 Å². The molecule has 0 spiro atoms. The van der Waals surface area contributed by atoms with E-state index < -0.39 is 0 Å². The summed E-state index contributed by atoms with van der Waals surface area (Å²) in [6, 6.07) is 0. The fourth-order valence-electron chi connectivity index (χ4n) is 2.19. The first-order valence-corrected chi connectivity index (χ1v) is 6.18. The molecular weight excluding hydrogens is 222 g/mol. The molecule has 84 valence electrons. The number of carbonyl (C=O) groups is 1. The lowest BCUT2D eigenvalue weighted by molar-refractivity contribution is -0.129. The van der Waals surface area contributed by atoms with Gasteiger partial charge < -0.3 is 4.90 Å². The summed E-state index contributed by atoms with van der Waals surface area (Å²) in [7, 11) is 0. The zero-order chi connectivity index (χ0) is 11.3. The lowest BCUT2D eigenvalue weighted by atomic mass is 10.2. The Kier molecular flexibility index (Phi) is 2.04. The van der Waals surface area contributed by atoms with Gasteiger partial charge in [-0.25, -0.2) is 4.98 Å². The molecule has 0 unspecified atom stereocenters. The number of hydrogen-bond donors (Lipinski definition) is 0. The number of aryl methyl sites for hydroxylation is 1. The van der Waals surface area contributed by atoms with Gasteiger partial charge in [0, 0.05) is 36.7 Å². The third kappa shape index (κ3) is 1.35. The van der Waals surface area contributed by atoms with Crippen LogP contribution >= 0.6 is 11.3 Å². The highest BCUT2D eigenvalue weighted by molar-refractivity contribution is 7.17. The fraction of sp³-hybridized carbons (Fsp3) is 0.455. The normalized spacial score (nSPS) is 15.5. The van der Waals surface area contributed by atoms with Crippen molar-refractivity contribution in [3.05, 3.63) is 22.5 Å². The minimum absolute atomic E-state index is 0.160. The van der Waals surface area contributed by atoms with Crippen LogP contribution in [0.15, 0.2) is 6.20 Å². The number of carbonyl (C=O) groups excluding carboxylic acids is 1. The molecule has 2 aromatic rings. The van der Waals surface area contributed by atoms with Gasteiger partial charge in [-0.1, -0.05) is 11.3 Å². The van der Waals surface area contributed by atoms with Crippen LogP contribution in [-0.4, -0.2) is 26.7 Å². The number of imidazole rings is 1. The van der Waals surface area contributed by atoms with Crippen LogP contribution in [0.2, 0.25) is 0 Å². The van der Waals surface area contributed by atoms with E-state index in [0.29, 0.717) is 0 Å². The van der Waals surface area contributed by atoms with Crippen LogP contribution in [0.1, 0.15) is 23.2 Å². The summed E-state index contributed by atoms with van der Waals surface area (Å²) >= 11 is 1.70. The molecule has 1 aliphatic rings. The molecule has 0 saturated heterocycles. The first kappa shape index (κ1) is 9.84. The Hall–Kier alpha value is -1.36. The second kappa shape index (κ2) is 3.31. The Morgan fingerprint density at radius 3 is 3.12 bits per heavy atom. The SMILES string of the molecule is CC(=O)N1CCc2c(sc3nc(C)cn23)C1. The lowest BCUT2D eigenvalue weighted by Crippen LogP contribution is -2.33. The predicted molar refractivity (Wildman–Crippen MR) is 62.6 cm³/mol. The minimum atomic E-state index is 0.160. The average molecular weight is 235 g/mol. The van der Waals surface area contributed by atoms with Crippen molar-refractivity contribution >= 4 is 22.2 Å². The van der Waals surface area contributed by atoms with Crippen LogP contribution in [0.4, 0.5) is 0 Å². The van der Waals surface area contributed by atoms with E-state index in [1.807, 2.05) is 11.8 Å². The third-order valence-electron chi connectivity index (χ3n) is 3.02. The van der Waals surface area contributed by atoms with E-state index in [1.54, 1.807) is 18.3 Å². The summed E-state index contributed by atoms with van der Waals surface area (Å²) in [5.41, 5.74) is 2.39. The van der Waals surface area contributed by atoms with Crippen LogP contribution in [0.5, 0.6) is 0 Å². The van der Waals surface area contributed by atoms with Gasteiger partial charge >= 0.3 is 0 Å². The van der Waals surface area contributed by atoms with Gasteiger partial charge in [0.1, 0.15) is 0 Å². The summed E-state index contributed by atoms with van der Waals surface area (Å²) < 4.78 is 2.17. The molecule has 3 rings (SSSR count). The molecule has 0 fully saturated rings. The molecule has 0 bridgehead atoms. The van der Waals surface area contributed by atoms with Gasteiger partial charge in [-0.15, -0.1) is 0 Å². The Morgan fingerprint density at radius 2 is 2.38 bits per heavy atom. The number of rotatable bonds is 0. The van der Waals surface area contributed by atoms with Gasteiger partial charge in [0.05, 0.1) is 12.2 Å². The quantitative estimate of drug-likeness (QED) is 0.695. The van der Waals surface area contributed by atoms with Crippen molar-refractivity contribution in [2.24, 2.45) is 0 Å². The Labute approximate surface area is 97.5 Å². The fourth-order valence-corrected chi connectivity index (χ4v) is 3.40. The Bertz CT molecular complexity index is 569. The molecule has 0 aliphatic carbocycles. The van der Waals surface area contributed by atoms with Crippen molar-refractivity contribution in [3.8, 4) is 0 Å². The number of fused-ring (bicyclic) bond motifs is 3. The minimum Gasteiger partial charge on any atom is -0.337 e. The summed E-state index contributed by atoms with van der Waals surface area (Å²) in [6.07, 6.45) is 3.01. The molecule has 0 radical (unpaired) electrons. The number of aromatic nitrogens is 2. The highest BCUT2D eigenvalue weighted by atomic mass is 32.1. The van der Waals surface area contributed by atoms with Crippen LogP contribution < -0.4 is 0 Å². The van der Waals surface area contributed by atoms with E-state index in [9.17, 15) is 4.79 Å². The molecule has 1 aliphatic heterocycles. The zero-order valence-corrected chi connectivity index (χ0v) is 10.2. The van der Waals surface area contributed by atoms with Crippen molar-refractivity contribution in [2.45, 2.75) is 26.8 Å². The summed E-state index contributed by atoms with van der Waals surface area (Å²) in [6.45, 7) is 5.22. The molecule has 5 heteroatoms. The van der Waals surface area contributed by atoms with E-state index in [4.69, 9.17) is 0 Å². The van der Waals surface area contributed by atoms with Gasteiger partial charge in [0.25, 0.3) is 0 Å². The Balaban J connectivity index is 2.06. The maximum absolute atomic E-state index is 11.3. The highest BCUT2D eigenvalue weighted by Crippen LogP contribution is 2.28. The monoisotopic (exact) mass is 235 g/mol. The van der Waals surface area contributed by atoms with Crippen LogP contribution in [-0.2, 0) is 17.8 Å². The molecule has 0 N–H and O–H groups in total. The Morgan fingerprint density at radius 1 is 1.56 bits per heavy atom. The van der Waals surface area contributed by atoms with E-state index >= 15 is 0 Å². The van der Waals surface area contributed by atoms with Gasteiger partial charge in [-0.05, 0) is 6.92 Å². The second-order valence-electron chi connectivity index (χ2n) is 4.20. The van der Waals surface area contributed by atoms with Crippen molar-refractivity contribution in [2.75, 3.05) is 6.54 Å². The molecular formula is C11H13N3OS. The average Bonchev–Trinajstić information content (AvgIpc) is 2.72. The van der Waals surface area contributed by atoms with E-state index in [2.05, 4.69) is 15.6 Å². The number of nitrogens with zero attached hydrogens (tertiary/aromatic N) is 3. The second-order valence-corrected chi connectivity index (χ2v) is 5.26. The van der Waals surface area contributed by atoms with Crippen LogP contribution in [0.3, 0.4) is 0 Å². The molecule has 16 heavy (non-hydrogen) atoms. The highest BCUT2D eigenvalue weighted by Gasteiger charge is 2.23. The van der Waals surface area contributed by atoms with Gasteiger partial charge in [0.15, 0.2) is 4.96 Å². The molecule has 0 atom stereocenters. The topological polar surface area (TPSA) is 37.6 Å². The largest absolute Gasteiger partial charge is 0.337 e. The number of amides is 1. The number of thiazole rings is 1. The molecule has 3 heterocycles. The van der Waals surface area contributed by atoms with Crippen LogP contribution in [0.25, 0.3) is 4.96 Å². The maximum atomic E-state index is 11.3. The summed E-state index contributed by atoms with van der Waals surface area (Å²) in [5, 5.41) is 0. The van der Waals surface area contributed by atoms with E-state index in [0.717, 1.165) is 30.2 Å². The van der Waals surface area contributed by atoms with Crippen molar-refractivity contribution < 1.29 is 4.79 Å². The molecule has 2 aromatic heterocycles. The van der Waals surface area contributed by atoms with E-state index in [1.165, 1.54) is 10.6 Å². The smallest absolute Gasteiger partial charge is 0.219 e. The van der Waals surface area contributed by atoms with Gasteiger partial charge in [-0.3, -0.25) is 9.20 Å². The lowest BCUT2D eigenvalue weighted by Gasteiger charge is -2.25. The predicted octanol–water partition coefficient (Wildman–Crippen LogP) is 1.61. The first-order valence-electron chi connectivity index (χ1n) is 5.37.